The molecule has 3 heteroatoms. The van der Waals surface area contributed by atoms with Gasteiger partial charge in [-0.05, 0) is 21.6 Å². The Balaban J connectivity index is 2.33. The summed E-state index contributed by atoms with van der Waals surface area (Å²) < 4.78 is 10.2. The number of aromatic hydroxyl groups is 1. The molecule has 0 aliphatic carbocycles. The molecular weight excluding hydrogens is 264 g/mol. The fourth-order valence-corrected chi connectivity index (χ4v) is 3.14. The molecule has 1 aromatic heterocycles. The second-order valence-corrected chi connectivity index (χ2v) is 6.51. The van der Waals surface area contributed by atoms with Crippen LogP contribution in [0.4, 0.5) is 0 Å². The van der Waals surface area contributed by atoms with Crippen LogP contribution in [0.3, 0.4) is 0 Å². The molecule has 0 fully saturated rings. The Bertz CT molecular complexity index is 980. The molecule has 0 radical (unpaired) electrons. The first-order valence-electron chi connectivity index (χ1n) is 7.04. The minimum Gasteiger partial charge on any atom is -0.504 e. The Morgan fingerprint density at radius 3 is 2.24 bits per heavy atom. The highest BCUT2D eigenvalue weighted by Gasteiger charge is 2.29. The predicted molar refractivity (Wildman–Crippen MR) is 83.9 cm³/mol. The Morgan fingerprint density at radius 2 is 1.57 bits per heavy atom. The van der Waals surface area contributed by atoms with E-state index in [1.54, 1.807) is 0 Å². The summed E-state index contributed by atoms with van der Waals surface area (Å²) in [5.74, 6) is 0.163. The highest BCUT2D eigenvalue weighted by Crippen LogP contribution is 2.46. The average molecular weight is 280 g/mol. The SMILES string of the molecule is CC(C)(C)c1c2ccc3ccccc3c2c(O)c2ooc12. The zero-order valence-corrected chi connectivity index (χ0v) is 12.2. The molecule has 0 unspecified atom stereocenters. The van der Waals surface area contributed by atoms with Crippen LogP contribution in [-0.2, 0) is 5.41 Å². The van der Waals surface area contributed by atoms with E-state index < -0.39 is 0 Å². The summed E-state index contributed by atoms with van der Waals surface area (Å²) in [6, 6.07) is 12.2. The van der Waals surface area contributed by atoms with Crippen molar-refractivity contribution in [3.05, 3.63) is 42.0 Å². The maximum absolute atomic E-state index is 10.6. The quantitative estimate of drug-likeness (QED) is 0.349. The van der Waals surface area contributed by atoms with Crippen molar-refractivity contribution >= 4 is 32.7 Å². The molecule has 1 heterocycles. The molecular formula is C18H16O3. The number of hydrogen-bond donors (Lipinski definition) is 1. The third-order valence-corrected chi connectivity index (χ3v) is 4.04. The van der Waals surface area contributed by atoms with Crippen molar-refractivity contribution in [2.75, 3.05) is 0 Å². The van der Waals surface area contributed by atoms with E-state index >= 15 is 0 Å². The summed E-state index contributed by atoms with van der Waals surface area (Å²) >= 11 is 0. The lowest BCUT2D eigenvalue weighted by atomic mass is 9.82. The van der Waals surface area contributed by atoms with Gasteiger partial charge in [-0.2, -0.15) is 0 Å². The summed E-state index contributed by atoms with van der Waals surface area (Å²) in [4.78, 5) is 0. The fraction of sp³-hybridized carbons (Fsp3) is 0.222. The predicted octanol–water partition coefficient (Wildman–Crippen LogP) is 5.34. The van der Waals surface area contributed by atoms with Crippen molar-refractivity contribution in [3.8, 4) is 5.75 Å². The summed E-state index contributed by atoms with van der Waals surface area (Å²) in [6.07, 6.45) is 0. The van der Waals surface area contributed by atoms with E-state index in [-0.39, 0.29) is 11.2 Å². The van der Waals surface area contributed by atoms with Gasteiger partial charge in [0.25, 0.3) is 5.58 Å². The normalized spacial score (nSPS) is 12.7. The molecule has 0 saturated carbocycles. The number of rotatable bonds is 0. The molecule has 0 amide bonds. The van der Waals surface area contributed by atoms with E-state index in [4.69, 9.17) is 9.15 Å². The zero-order chi connectivity index (χ0) is 14.8. The molecule has 0 spiro atoms. The monoisotopic (exact) mass is 280 g/mol. The van der Waals surface area contributed by atoms with Gasteiger partial charge in [0.15, 0.2) is 5.75 Å². The molecule has 21 heavy (non-hydrogen) atoms. The largest absolute Gasteiger partial charge is 0.504 e. The van der Waals surface area contributed by atoms with Gasteiger partial charge >= 0.3 is 0 Å². The third-order valence-electron chi connectivity index (χ3n) is 4.04. The van der Waals surface area contributed by atoms with Crippen molar-refractivity contribution in [1.29, 1.82) is 0 Å². The summed E-state index contributed by atoms with van der Waals surface area (Å²) in [5.41, 5.74) is 2.07. The number of phenols is 1. The topological polar surface area (TPSA) is 46.5 Å². The number of benzene rings is 3. The maximum Gasteiger partial charge on any atom is 0.268 e. The van der Waals surface area contributed by atoms with Crippen LogP contribution in [0, 0.1) is 0 Å². The molecule has 3 aromatic carbocycles. The van der Waals surface area contributed by atoms with Crippen LogP contribution in [0.2, 0.25) is 0 Å². The van der Waals surface area contributed by atoms with Gasteiger partial charge in [0.1, 0.15) is 0 Å². The minimum absolute atomic E-state index is 0.109. The molecule has 4 rings (SSSR count). The van der Waals surface area contributed by atoms with Crippen molar-refractivity contribution in [3.63, 3.8) is 0 Å². The second-order valence-electron chi connectivity index (χ2n) is 6.51. The van der Waals surface area contributed by atoms with Crippen molar-refractivity contribution in [2.24, 2.45) is 0 Å². The van der Waals surface area contributed by atoms with Gasteiger partial charge in [0, 0.05) is 10.9 Å². The van der Waals surface area contributed by atoms with Crippen molar-refractivity contribution < 1.29 is 14.3 Å². The molecule has 0 saturated heterocycles. The Labute approximate surface area is 121 Å². The summed E-state index contributed by atoms with van der Waals surface area (Å²) in [6.45, 7) is 6.40. The van der Waals surface area contributed by atoms with Gasteiger partial charge in [-0.15, -0.1) is 0 Å². The second kappa shape index (κ2) is 3.82. The smallest absolute Gasteiger partial charge is 0.268 e. The lowest BCUT2D eigenvalue weighted by Crippen LogP contribution is -2.13. The maximum atomic E-state index is 10.6. The Morgan fingerprint density at radius 1 is 0.857 bits per heavy atom. The highest BCUT2D eigenvalue weighted by atomic mass is 17.0. The Hall–Kier alpha value is -2.42. The van der Waals surface area contributed by atoms with Gasteiger partial charge in [-0.1, -0.05) is 57.2 Å². The first-order chi connectivity index (χ1) is 9.98. The molecule has 1 N–H and O–H groups in total. The van der Waals surface area contributed by atoms with Crippen LogP contribution < -0.4 is 0 Å². The van der Waals surface area contributed by atoms with E-state index in [0.29, 0.717) is 11.2 Å². The fourth-order valence-electron chi connectivity index (χ4n) is 3.14. The first kappa shape index (κ1) is 12.3. The minimum atomic E-state index is -0.109. The van der Waals surface area contributed by atoms with E-state index in [2.05, 4.69) is 32.9 Å². The molecule has 3 nitrogen and oxygen atoms in total. The van der Waals surface area contributed by atoms with Crippen LogP contribution in [0.25, 0.3) is 32.7 Å². The van der Waals surface area contributed by atoms with Crippen LogP contribution in [0.1, 0.15) is 26.3 Å². The number of phenolic OH excluding ortho intramolecular Hbond substituents is 1. The standard InChI is InChI=1S/C18H16O3/c1-18(2,3)14-12-9-8-10-6-4-5-7-11(10)13(12)15(19)17-16(14)20-21-17/h4-9,19H,1-3H3. The molecule has 0 atom stereocenters. The van der Waals surface area contributed by atoms with Crippen molar-refractivity contribution in [1.82, 2.24) is 0 Å². The van der Waals surface area contributed by atoms with Gasteiger partial charge in [0.05, 0.1) is 0 Å². The van der Waals surface area contributed by atoms with Gasteiger partial charge in [-0.3, -0.25) is 9.15 Å². The first-order valence-corrected chi connectivity index (χ1v) is 7.04. The molecule has 106 valence electrons. The van der Waals surface area contributed by atoms with E-state index in [9.17, 15) is 5.11 Å². The number of hydrogen-bond acceptors (Lipinski definition) is 3. The summed E-state index contributed by atoms with van der Waals surface area (Å²) in [7, 11) is 0. The molecule has 4 aromatic rings. The third kappa shape index (κ3) is 1.54. The molecule has 0 aliphatic heterocycles. The van der Waals surface area contributed by atoms with Gasteiger partial charge < -0.3 is 5.11 Å². The number of fused-ring (bicyclic) bond motifs is 4. The highest BCUT2D eigenvalue weighted by molar-refractivity contribution is 6.17. The Kier molecular flexibility index (Phi) is 2.24. The van der Waals surface area contributed by atoms with Crippen molar-refractivity contribution in [2.45, 2.75) is 26.2 Å². The lowest BCUT2D eigenvalue weighted by molar-refractivity contribution is 0.0554. The van der Waals surface area contributed by atoms with Gasteiger partial charge in [0.2, 0.25) is 5.58 Å². The lowest BCUT2D eigenvalue weighted by Gasteiger charge is -2.23. The molecule has 0 aliphatic rings. The zero-order valence-electron chi connectivity index (χ0n) is 12.2. The van der Waals surface area contributed by atoms with E-state index in [0.717, 1.165) is 27.1 Å². The van der Waals surface area contributed by atoms with Crippen LogP contribution in [-0.4, -0.2) is 5.11 Å². The van der Waals surface area contributed by atoms with E-state index in [1.165, 1.54) is 0 Å². The van der Waals surface area contributed by atoms with Crippen LogP contribution in [0.5, 0.6) is 5.75 Å². The summed E-state index contributed by atoms with van der Waals surface area (Å²) in [5, 5.41) is 14.5. The van der Waals surface area contributed by atoms with Gasteiger partial charge in [-0.25, -0.2) is 0 Å². The van der Waals surface area contributed by atoms with Crippen LogP contribution in [0.15, 0.2) is 45.6 Å². The molecule has 0 bridgehead atoms. The average Bonchev–Trinajstić information content (AvgIpc) is 2.39. The van der Waals surface area contributed by atoms with E-state index in [1.807, 2.05) is 24.3 Å². The van der Waals surface area contributed by atoms with Crippen LogP contribution >= 0.6 is 0 Å².